The average Bonchev–Trinajstić information content (AvgIpc) is 2.60. The van der Waals surface area contributed by atoms with Crippen molar-refractivity contribution >= 4 is 21.9 Å². The average molecular weight is 298 g/mol. The van der Waals surface area contributed by atoms with Crippen molar-refractivity contribution in [1.29, 1.82) is 0 Å². The van der Waals surface area contributed by atoms with Crippen molar-refractivity contribution in [2.45, 2.75) is 6.92 Å². The van der Waals surface area contributed by atoms with Gasteiger partial charge in [0.1, 0.15) is 11.5 Å². The Morgan fingerprint density at radius 2 is 2.12 bits per heavy atom. The molecule has 0 fully saturated rings. The van der Waals surface area contributed by atoms with Crippen molar-refractivity contribution in [3.8, 4) is 5.69 Å². The van der Waals surface area contributed by atoms with Gasteiger partial charge in [-0.05, 0) is 46.6 Å². The number of aryl methyl sites for hydroxylation is 1. The van der Waals surface area contributed by atoms with Gasteiger partial charge < -0.3 is 9.67 Å². The van der Waals surface area contributed by atoms with E-state index in [-0.39, 0.29) is 11.4 Å². The maximum Gasteiger partial charge on any atom is 0.352 e. The summed E-state index contributed by atoms with van der Waals surface area (Å²) in [6, 6.07) is 6.10. The zero-order valence-corrected chi connectivity index (χ0v) is 10.5. The number of rotatable bonds is 2. The standard InChI is InChI=1S/C12H9BrFNO2/c1-7-2-3-10(9(14)4-7)15-6-8(13)5-11(15)12(16)17/h2-6H,1H3,(H,16,17). The molecule has 0 unspecified atom stereocenters. The van der Waals surface area contributed by atoms with E-state index in [1.54, 1.807) is 19.1 Å². The summed E-state index contributed by atoms with van der Waals surface area (Å²) in [5.74, 6) is -1.55. The van der Waals surface area contributed by atoms with Gasteiger partial charge in [0, 0.05) is 10.7 Å². The number of benzene rings is 1. The van der Waals surface area contributed by atoms with Crippen LogP contribution in [0, 0.1) is 12.7 Å². The number of carboxylic acids is 1. The van der Waals surface area contributed by atoms with Crippen molar-refractivity contribution in [2.24, 2.45) is 0 Å². The predicted octanol–water partition coefficient (Wildman–Crippen LogP) is 3.39. The summed E-state index contributed by atoms with van der Waals surface area (Å²) in [5.41, 5.74) is 1.02. The number of halogens is 2. The Morgan fingerprint density at radius 1 is 1.41 bits per heavy atom. The minimum atomic E-state index is -1.10. The fourth-order valence-corrected chi connectivity index (χ4v) is 2.02. The van der Waals surface area contributed by atoms with Crippen LogP contribution in [-0.4, -0.2) is 15.6 Å². The molecule has 2 aromatic rings. The molecule has 0 aliphatic heterocycles. The molecule has 1 aromatic carbocycles. The van der Waals surface area contributed by atoms with E-state index in [0.29, 0.717) is 4.47 Å². The molecule has 1 heterocycles. The van der Waals surface area contributed by atoms with Crippen molar-refractivity contribution in [3.05, 3.63) is 52.0 Å². The van der Waals surface area contributed by atoms with E-state index < -0.39 is 11.8 Å². The second kappa shape index (κ2) is 4.33. The van der Waals surface area contributed by atoms with Crippen LogP contribution in [0.3, 0.4) is 0 Å². The fraction of sp³-hybridized carbons (Fsp3) is 0.0833. The van der Waals surface area contributed by atoms with Crippen LogP contribution in [0.1, 0.15) is 16.1 Å². The summed E-state index contributed by atoms with van der Waals surface area (Å²) in [4.78, 5) is 11.0. The monoisotopic (exact) mass is 297 g/mol. The van der Waals surface area contributed by atoms with Gasteiger partial charge >= 0.3 is 5.97 Å². The maximum atomic E-state index is 13.8. The Labute approximate surface area is 106 Å². The van der Waals surface area contributed by atoms with E-state index in [1.807, 2.05) is 0 Å². The van der Waals surface area contributed by atoms with Gasteiger partial charge in [0.2, 0.25) is 0 Å². The van der Waals surface area contributed by atoms with Gasteiger partial charge in [-0.1, -0.05) is 6.07 Å². The van der Waals surface area contributed by atoms with E-state index >= 15 is 0 Å². The molecule has 1 aromatic heterocycles. The van der Waals surface area contributed by atoms with Crippen LogP contribution in [0.15, 0.2) is 34.9 Å². The fourth-order valence-electron chi connectivity index (χ4n) is 1.60. The minimum Gasteiger partial charge on any atom is -0.477 e. The number of carboxylic acid groups (broad SMARTS) is 1. The SMILES string of the molecule is Cc1ccc(-n2cc(Br)cc2C(=O)O)c(F)c1. The Morgan fingerprint density at radius 3 is 2.71 bits per heavy atom. The van der Waals surface area contributed by atoms with Gasteiger partial charge in [-0.2, -0.15) is 0 Å². The molecule has 0 saturated carbocycles. The van der Waals surface area contributed by atoms with Crippen molar-refractivity contribution < 1.29 is 14.3 Å². The van der Waals surface area contributed by atoms with Gasteiger partial charge in [-0.25, -0.2) is 9.18 Å². The first-order valence-electron chi connectivity index (χ1n) is 4.87. The van der Waals surface area contributed by atoms with Crippen LogP contribution in [0.2, 0.25) is 0 Å². The molecule has 0 aliphatic rings. The van der Waals surface area contributed by atoms with E-state index in [9.17, 15) is 9.18 Å². The first-order chi connectivity index (χ1) is 7.99. The second-order valence-corrected chi connectivity index (χ2v) is 4.59. The number of hydrogen-bond acceptors (Lipinski definition) is 1. The number of nitrogens with zero attached hydrogens (tertiary/aromatic N) is 1. The van der Waals surface area contributed by atoms with Crippen molar-refractivity contribution in [3.63, 3.8) is 0 Å². The number of aromatic nitrogens is 1. The lowest BCUT2D eigenvalue weighted by molar-refractivity contribution is 0.0688. The van der Waals surface area contributed by atoms with Crippen LogP contribution in [0.4, 0.5) is 4.39 Å². The molecule has 0 atom stereocenters. The molecular weight excluding hydrogens is 289 g/mol. The highest BCUT2D eigenvalue weighted by Crippen LogP contribution is 2.22. The van der Waals surface area contributed by atoms with Crippen molar-refractivity contribution in [1.82, 2.24) is 4.57 Å². The topological polar surface area (TPSA) is 42.2 Å². The third kappa shape index (κ3) is 2.24. The van der Waals surface area contributed by atoms with Gasteiger partial charge in [0.15, 0.2) is 0 Å². The predicted molar refractivity (Wildman–Crippen MR) is 65.1 cm³/mol. The molecule has 3 nitrogen and oxygen atoms in total. The Hall–Kier alpha value is -1.62. The Kier molecular flexibility index (Phi) is 3.02. The van der Waals surface area contributed by atoms with Crippen LogP contribution >= 0.6 is 15.9 Å². The second-order valence-electron chi connectivity index (χ2n) is 3.67. The van der Waals surface area contributed by atoms with Gasteiger partial charge in [0.25, 0.3) is 0 Å². The molecule has 0 amide bonds. The van der Waals surface area contributed by atoms with Gasteiger partial charge in [-0.15, -0.1) is 0 Å². The Bertz CT molecular complexity index is 592. The summed E-state index contributed by atoms with van der Waals surface area (Å²) >= 11 is 3.18. The summed E-state index contributed by atoms with van der Waals surface area (Å²) in [7, 11) is 0. The molecule has 0 bridgehead atoms. The highest BCUT2D eigenvalue weighted by atomic mass is 79.9. The van der Waals surface area contributed by atoms with Crippen molar-refractivity contribution in [2.75, 3.05) is 0 Å². The summed E-state index contributed by atoms with van der Waals surface area (Å²) in [6.07, 6.45) is 1.52. The van der Waals surface area contributed by atoms with E-state index in [0.717, 1.165) is 5.56 Å². The molecule has 0 spiro atoms. The molecule has 1 N–H and O–H groups in total. The van der Waals surface area contributed by atoms with Crippen LogP contribution in [0.25, 0.3) is 5.69 Å². The normalized spacial score (nSPS) is 10.5. The molecule has 0 radical (unpaired) electrons. The van der Waals surface area contributed by atoms with Crippen LogP contribution in [-0.2, 0) is 0 Å². The van der Waals surface area contributed by atoms with Gasteiger partial charge in [-0.3, -0.25) is 0 Å². The lowest BCUT2D eigenvalue weighted by atomic mass is 10.2. The number of hydrogen-bond donors (Lipinski definition) is 1. The highest BCUT2D eigenvalue weighted by molar-refractivity contribution is 9.10. The third-order valence-electron chi connectivity index (χ3n) is 2.37. The molecule has 5 heteroatoms. The Balaban J connectivity index is 2.63. The highest BCUT2D eigenvalue weighted by Gasteiger charge is 2.15. The minimum absolute atomic E-state index is 0.0135. The zero-order chi connectivity index (χ0) is 12.6. The smallest absolute Gasteiger partial charge is 0.352 e. The van der Waals surface area contributed by atoms with Gasteiger partial charge in [0.05, 0.1) is 5.69 Å². The van der Waals surface area contributed by atoms with Crippen LogP contribution < -0.4 is 0 Å². The largest absolute Gasteiger partial charge is 0.477 e. The summed E-state index contributed by atoms with van der Waals surface area (Å²) < 4.78 is 15.7. The first kappa shape index (κ1) is 11.9. The molecule has 88 valence electrons. The van der Waals surface area contributed by atoms with Crippen LogP contribution in [0.5, 0.6) is 0 Å². The van der Waals surface area contributed by atoms with E-state index in [2.05, 4.69) is 15.9 Å². The zero-order valence-electron chi connectivity index (χ0n) is 8.95. The molecule has 2 rings (SSSR count). The first-order valence-corrected chi connectivity index (χ1v) is 5.66. The number of aromatic carboxylic acids is 1. The molecule has 17 heavy (non-hydrogen) atoms. The van der Waals surface area contributed by atoms with E-state index in [1.165, 1.54) is 22.9 Å². The quantitative estimate of drug-likeness (QED) is 0.923. The summed E-state index contributed by atoms with van der Waals surface area (Å²) in [6.45, 7) is 1.77. The van der Waals surface area contributed by atoms with E-state index in [4.69, 9.17) is 5.11 Å². The number of carbonyl (C=O) groups is 1. The summed E-state index contributed by atoms with van der Waals surface area (Å²) in [5, 5.41) is 9.02. The third-order valence-corrected chi connectivity index (χ3v) is 2.80. The molecular formula is C12H9BrFNO2. The maximum absolute atomic E-state index is 13.8. The lowest BCUT2D eigenvalue weighted by Gasteiger charge is -2.07. The molecule has 0 saturated heterocycles. The lowest BCUT2D eigenvalue weighted by Crippen LogP contribution is -2.07. The molecule has 0 aliphatic carbocycles.